The first kappa shape index (κ1) is 33.2. The fourth-order valence-corrected chi connectivity index (χ4v) is 4.53. The van der Waals surface area contributed by atoms with Crippen molar-refractivity contribution >= 4 is 35.8 Å². The van der Waals surface area contributed by atoms with E-state index >= 15 is 0 Å². The van der Waals surface area contributed by atoms with E-state index < -0.39 is 0 Å². The minimum absolute atomic E-state index is 0.289. The molecule has 1 unspecified atom stereocenters. The molecule has 0 aromatic heterocycles. The van der Waals surface area contributed by atoms with Crippen molar-refractivity contribution in [2.75, 3.05) is 65.8 Å². The van der Waals surface area contributed by atoms with E-state index in [-0.39, 0.29) is 5.92 Å². The summed E-state index contributed by atoms with van der Waals surface area (Å²) in [6.07, 6.45) is 0. The largest absolute Gasteiger partial charge is 0.378 e. The van der Waals surface area contributed by atoms with Gasteiger partial charge in [-0.2, -0.15) is 0 Å². The van der Waals surface area contributed by atoms with Crippen LogP contribution in [-0.2, 0) is 20.8 Å². The van der Waals surface area contributed by atoms with Gasteiger partial charge in [-0.15, -0.1) is 12.6 Å². The van der Waals surface area contributed by atoms with Gasteiger partial charge in [0.2, 0.25) is 0 Å². The van der Waals surface area contributed by atoms with Crippen molar-refractivity contribution in [3.63, 3.8) is 0 Å². The van der Waals surface area contributed by atoms with Gasteiger partial charge in [0.1, 0.15) is 0 Å². The maximum absolute atomic E-state index is 6.43. The van der Waals surface area contributed by atoms with Crippen molar-refractivity contribution in [3.05, 3.63) is 63.1 Å². The lowest BCUT2D eigenvalue weighted by atomic mass is 9.84. The molecule has 1 aliphatic rings. The zero-order valence-corrected chi connectivity index (χ0v) is 24.3. The van der Waals surface area contributed by atoms with E-state index in [1.54, 1.807) is 0 Å². The number of fused-ring (bicyclic) bond motifs is 1. The lowest BCUT2D eigenvalue weighted by Gasteiger charge is -2.35. The second kappa shape index (κ2) is 20.1. The van der Waals surface area contributed by atoms with Gasteiger partial charge in [0, 0.05) is 47.0 Å². The number of halogens is 2. The Labute approximate surface area is 233 Å². The quantitative estimate of drug-likeness (QED) is 0.244. The fraction of sp³-hybridized carbons (Fsp3) is 0.556. The molecule has 4 N–H and O–H groups in total. The predicted molar refractivity (Wildman–Crippen MR) is 155 cm³/mol. The van der Waals surface area contributed by atoms with Crippen LogP contribution in [0.4, 0.5) is 0 Å². The highest BCUT2D eigenvalue weighted by Gasteiger charge is 2.28. The van der Waals surface area contributed by atoms with Gasteiger partial charge < -0.3 is 25.7 Å². The van der Waals surface area contributed by atoms with Gasteiger partial charge in [0.25, 0.3) is 0 Å². The first-order valence-electron chi connectivity index (χ1n) is 12.6. The zero-order chi connectivity index (χ0) is 26.8. The number of hydrogen-bond acceptors (Lipinski definition) is 7. The molecule has 204 valence electrons. The van der Waals surface area contributed by atoms with Crippen LogP contribution in [0.1, 0.15) is 43.4 Å². The Bertz CT molecular complexity index is 851. The second-order valence-electron chi connectivity index (χ2n) is 7.85. The third kappa shape index (κ3) is 12.1. The Morgan fingerprint density at radius 3 is 2.03 bits per heavy atom. The number of nitrogens with two attached hydrogens (primary N) is 2. The predicted octanol–water partition coefficient (Wildman–Crippen LogP) is 5.23. The summed E-state index contributed by atoms with van der Waals surface area (Å²) in [5.41, 5.74) is 14.2. The van der Waals surface area contributed by atoms with E-state index in [1.807, 2.05) is 32.0 Å². The first-order chi connectivity index (χ1) is 17.5. The van der Waals surface area contributed by atoms with Crippen LogP contribution in [0.2, 0.25) is 10.0 Å². The molecular weight excluding hydrogens is 517 g/mol. The Hall–Kier alpha value is -0.870. The second-order valence-corrected chi connectivity index (χ2v) is 9.21. The highest BCUT2D eigenvalue weighted by atomic mass is 35.5. The lowest BCUT2D eigenvalue weighted by molar-refractivity contribution is 0.0175. The van der Waals surface area contributed by atoms with E-state index in [2.05, 4.69) is 42.7 Å². The molecule has 0 saturated carbocycles. The SMILES string of the molecule is CC.CCN1Cc2c(Cl)cc(Cl)cc2C(c2cccc(S)c2)C1.NCCOCCOCCOCCN. The van der Waals surface area contributed by atoms with Crippen LogP contribution in [0.25, 0.3) is 0 Å². The van der Waals surface area contributed by atoms with Gasteiger partial charge in [-0.1, -0.05) is 56.1 Å². The topological polar surface area (TPSA) is 83.0 Å². The van der Waals surface area contributed by atoms with Crippen LogP contribution in [0.3, 0.4) is 0 Å². The summed E-state index contributed by atoms with van der Waals surface area (Å²) in [5.74, 6) is 0.289. The summed E-state index contributed by atoms with van der Waals surface area (Å²) < 4.78 is 15.4. The molecule has 0 spiro atoms. The molecule has 0 saturated heterocycles. The monoisotopic (exact) mass is 559 g/mol. The average molecular weight is 561 g/mol. The van der Waals surface area contributed by atoms with Crippen molar-refractivity contribution in [2.45, 2.75) is 38.1 Å². The van der Waals surface area contributed by atoms with E-state index in [1.165, 1.54) is 16.7 Å². The Morgan fingerprint density at radius 1 is 0.917 bits per heavy atom. The van der Waals surface area contributed by atoms with Crippen LogP contribution >= 0.6 is 35.8 Å². The molecule has 1 atom stereocenters. The number of nitrogens with zero attached hydrogens (tertiary/aromatic N) is 1. The molecule has 2 aromatic rings. The summed E-state index contributed by atoms with van der Waals surface area (Å²) in [5, 5.41) is 1.47. The van der Waals surface area contributed by atoms with Crippen molar-refractivity contribution in [3.8, 4) is 0 Å². The molecule has 0 radical (unpaired) electrons. The number of likely N-dealkylation sites (N-methyl/N-ethyl adjacent to an activating group) is 1. The van der Waals surface area contributed by atoms with Gasteiger partial charge in [0.15, 0.2) is 0 Å². The highest BCUT2D eigenvalue weighted by molar-refractivity contribution is 7.80. The van der Waals surface area contributed by atoms with Gasteiger partial charge in [-0.05, 0) is 47.5 Å². The molecule has 0 fully saturated rings. The minimum Gasteiger partial charge on any atom is -0.378 e. The number of rotatable bonds is 12. The van der Waals surface area contributed by atoms with Crippen LogP contribution in [0.15, 0.2) is 41.3 Å². The highest BCUT2D eigenvalue weighted by Crippen LogP contribution is 2.39. The molecule has 0 aliphatic carbocycles. The molecule has 3 rings (SSSR count). The van der Waals surface area contributed by atoms with E-state index in [0.717, 1.165) is 29.6 Å². The number of thiol groups is 1. The summed E-state index contributed by atoms with van der Waals surface area (Å²) in [6.45, 7) is 13.7. The molecule has 2 aromatic carbocycles. The fourth-order valence-electron chi connectivity index (χ4n) is 3.72. The summed E-state index contributed by atoms with van der Waals surface area (Å²) in [4.78, 5) is 3.40. The van der Waals surface area contributed by atoms with E-state index in [4.69, 9.17) is 48.9 Å². The zero-order valence-electron chi connectivity index (χ0n) is 21.8. The van der Waals surface area contributed by atoms with Crippen molar-refractivity contribution in [2.24, 2.45) is 11.5 Å². The van der Waals surface area contributed by atoms with Gasteiger partial charge in [0.05, 0.1) is 39.6 Å². The van der Waals surface area contributed by atoms with E-state index in [0.29, 0.717) is 57.8 Å². The molecule has 9 heteroatoms. The van der Waals surface area contributed by atoms with E-state index in [9.17, 15) is 0 Å². The Balaban J connectivity index is 0.000000375. The van der Waals surface area contributed by atoms with Gasteiger partial charge in [-0.3, -0.25) is 4.90 Å². The van der Waals surface area contributed by atoms with Crippen molar-refractivity contribution < 1.29 is 14.2 Å². The summed E-state index contributed by atoms with van der Waals surface area (Å²) >= 11 is 17.1. The number of ether oxygens (including phenoxy) is 3. The van der Waals surface area contributed by atoms with Gasteiger partial charge in [-0.25, -0.2) is 0 Å². The molecule has 1 heterocycles. The van der Waals surface area contributed by atoms with Crippen molar-refractivity contribution in [1.29, 1.82) is 0 Å². The van der Waals surface area contributed by atoms with Crippen LogP contribution in [0, 0.1) is 0 Å². The molecule has 1 aliphatic heterocycles. The number of hydrogen-bond donors (Lipinski definition) is 3. The Kier molecular flexibility index (Phi) is 18.5. The van der Waals surface area contributed by atoms with Crippen LogP contribution < -0.4 is 11.5 Å². The number of benzene rings is 2. The maximum atomic E-state index is 6.43. The van der Waals surface area contributed by atoms with Crippen LogP contribution in [0.5, 0.6) is 0 Å². The van der Waals surface area contributed by atoms with Crippen molar-refractivity contribution in [1.82, 2.24) is 4.90 Å². The molecule has 6 nitrogen and oxygen atoms in total. The maximum Gasteiger partial charge on any atom is 0.0701 e. The average Bonchev–Trinajstić information content (AvgIpc) is 2.89. The van der Waals surface area contributed by atoms with Crippen LogP contribution in [-0.4, -0.2) is 70.7 Å². The molecule has 0 bridgehead atoms. The minimum atomic E-state index is 0.289. The third-order valence-corrected chi connectivity index (χ3v) is 6.21. The molecule has 0 amide bonds. The smallest absolute Gasteiger partial charge is 0.0701 e. The molecular formula is C27H43Cl2N3O3S. The van der Waals surface area contributed by atoms with Gasteiger partial charge >= 0.3 is 0 Å². The molecule has 36 heavy (non-hydrogen) atoms. The standard InChI is InChI=1S/C17H17Cl2NS.C8H20N2O3.C2H6/c1-2-20-9-15(11-4-3-5-13(21)6-11)14-7-12(18)8-17(19)16(14)10-20;9-1-3-11-5-7-13-8-6-12-4-2-10;1-2/h3-8,15,21H,2,9-10H2,1H3;1-10H2;1-2H3. The summed E-state index contributed by atoms with van der Waals surface area (Å²) in [6, 6.07) is 12.2. The first-order valence-corrected chi connectivity index (χ1v) is 13.8. The summed E-state index contributed by atoms with van der Waals surface area (Å²) in [7, 11) is 0. The Morgan fingerprint density at radius 2 is 1.50 bits per heavy atom. The normalized spacial score (nSPS) is 14.8. The lowest BCUT2D eigenvalue weighted by Crippen LogP contribution is -2.34. The third-order valence-electron chi connectivity index (χ3n) is 5.38.